The average molecular weight is 304 g/mol. The standard InChI is InChI=1S/C16H24N4O2/c21-15(17-11-14-7-4-8-22-14)12-9-18-16(19-10-12)20-13-5-2-1-3-6-13/h9-10,13-14H,1-8,11H2,(H,17,21)(H,18,19,20). The largest absolute Gasteiger partial charge is 0.376 e. The molecule has 120 valence electrons. The summed E-state index contributed by atoms with van der Waals surface area (Å²) in [6.45, 7) is 1.35. The molecule has 1 aromatic heterocycles. The van der Waals surface area contributed by atoms with Crippen LogP contribution < -0.4 is 10.6 Å². The molecule has 1 aliphatic heterocycles. The third kappa shape index (κ3) is 4.16. The first kappa shape index (κ1) is 15.2. The molecule has 1 aliphatic carbocycles. The van der Waals surface area contributed by atoms with Gasteiger partial charge in [0.1, 0.15) is 0 Å². The molecule has 1 atom stereocenters. The van der Waals surface area contributed by atoms with E-state index < -0.39 is 0 Å². The van der Waals surface area contributed by atoms with E-state index in [1.165, 1.54) is 32.1 Å². The Hall–Kier alpha value is -1.69. The number of nitrogens with zero attached hydrogens (tertiary/aromatic N) is 2. The minimum absolute atomic E-state index is 0.139. The number of hydrogen-bond donors (Lipinski definition) is 2. The Bertz CT molecular complexity index is 479. The minimum Gasteiger partial charge on any atom is -0.376 e. The molecule has 2 aliphatic rings. The number of carbonyl (C=O) groups is 1. The van der Waals surface area contributed by atoms with Gasteiger partial charge in [0.05, 0.1) is 11.7 Å². The van der Waals surface area contributed by atoms with Crippen LogP contribution in [0.2, 0.25) is 0 Å². The molecule has 2 N–H and O–H groups in total. The summed E-state index contributed by atoms with van der Waals surface area (Å²) in [6.07, 6.45) is 11.6. The lowest BCUT2D eigenvalue weighted by atomic mass is 9.96. The lowest BCUT2D eigenvalue weighted by Gasteiger charge is -2.22. The van der Waals surface area contributed by atoms with E-state index in [0.29, 0.717) is 24.1 Å². The van der Waals surface area contributed by atoms with Gasteiger partial charge in [-0.15, -0.1) is 0 Å². The monoisotopic (exact) mass is 304 g/mol. The summed E-state index contributed by atoms with van der Waals surface area (Å²) >= 11 is 0. The summed E-state index contributed by atoms with van der Waals surface area (Å²) in [4.78, 5) is 20.6. The zero-order valence-corrected chi connectivity index (χ0v) is 12.9. The maximum Gasteiger partial charge on any atom is 0.254 e. The van der Waals surface area contributed by atoms with Crippen LogP contribution >= 0.6 is 0 Å². The summed E-state index contributed by atoms with van der Waals surface area (Å²) in [7, 11) is 0. The lowest BCUT2D eigenvalue weighted by Crippen LogP contribution is -2.32. The summed E-state index contributed by atoms with van der Waals surface area (Å²) in [6, 6.07) is 0.466. The molecule has 1 amide bonds. The Labute approximate surface area is 131 Å². The van der Waals surface area contributed by atoms with Gasteiger partial charge in [-0.05, 0) is 25.7 Å². The van der Waals surface area contributed by atoms with Crippen molar-refractivity contribution < 1.29 is 9.53 Å². The van der Waals surface area contributed by atoms with E-state index in [1.54, 1.807) is 12.4 Å². The van der Waals surface area contributed by atoms with Gasteiger partial charge in [-0.1, -0.05) is 19.3 Å². The van der Waals surface area contributed by atoms with Crippen molar-refractivity contribution in [1.82, 2.24) is 15.3 Å². The third-order valence-electron chi connectivity index (χ3n) is 4.37. The molecule has 6 nitrogen and oxygen atoms in total. The Balaban J connectivity index is 1.48. The molecule has 6 heteroatoms. The first-order chi connectivity index (χ1) is 10.8. The van der Waals surface area contributed by atoms with Crippen LogP contribution in [0.5, 0.6) is 0 Å². The van der Waals surface area contributed by atoms with Crippen molar-refractivity contribution in [3.05, 3.63) is 18.0 Å². The van der Waals surface area contributed by atoms with E-state index in [-0.39, 0.29) is 12.0 Å². The molecule has 3 rings (SSSR count). The van der Waals surface area contributed by atoms with Crippen molar-refractivity contribution >= 4 is 11.9 Å². The van der Waals surface area contributed by atoms with Gasteiger partial charge in [-0.25, -0.2) is 9.97 Å². The number of anilines is 1. The molecule has 1 saturated carbocycles. The third-order valence-corrected chi connectivity index (χ3v) is 4.37. The normalized spacial score (nSPS) is 22.5. The summed E-state index contributed by atoms with van der Waals surface area (Å²) in [5.74, 6) is 0.474. The Morgan fingerprint density at radius 2 is 1.91 bits per heavy atom. The molecule has 0 bridgehead atoms. The number of nitrogens with one attached hydrogen (secondary N) is 2. The van der Waals surface area contributed by atoms with Crippen LogP contribution in [0, 0.1) is 0 Å². The zero-order chi connectivity index (χ0) is 15.2. The van der Waals surface area contributed by atoms with Crippen LogP contribution in [0.1, 0.15) is 55.3 Å². The second-order valence-electron chi connectivity index (χ2n) is 6.12. The van der Waals surface area contributed by atoms with E-state index in [9.17, 15) is 4.79 Å². The van der Waals surface area contributed by atoms with Crippen molar-refractivity contribution in [2.24, 2.45) is 0 Å². The molecule has 0 radical (unpaired) electrons. The lowest BCUT2D eigenvalue weighted by molar-refractivity contribution is 0.0857. The van der Waals surface area contributed by atoms with Crippen LogP contribution in [0.15, 0.2) is 12.4 Å². The zero-order valence-electron chi connectivity index (χ0n) is 12.9. The van der Waals surface area contributed by atoms with Crippen LogP contribution in [0.3, 0.4) is 0 Å². The molecule has 1 unspecified atom stereocenters. The summed E-state index contributed by atoms with van der Waals surface area (Å²) in [5.41, 5.74) is 0.493. The summed E-state index contributed by atoms with van der Waals surface area (Å²) < 4.78 is 5.49. The molecule has 0 spiro atoms. The van der Waals surface area contributed by atoms with Gasteiger partial charge in [0.25, 0.3) is 5.91 Å². The highest BCUT2D eigenvalue weighted by atomic mass is 16.5. The topological polar surface area (TPSA) is 76.1 Å². The van der Waals surface area contributed by atoms with Gasteiger partial charge in [-0.3, -0.25) is 4.79 Å². The molecule has 1 saturated heterocycles. The molecular formula is C16H24N4O2. The highest BCUT2D eigenvalue weighted by Crippen LogP contribution is 2.20. The van der Waals surface area contributed by atoms with Crippen molar-refractivity contribution in [1.29, 1.82) is 0 Å². The van der Waals surface area contributed by atoms with Crippen molar-refractivity contribution in [2.45, 2.75) is 57.1 Å². The number of rotatable bonds is 5. The van der Waals surface area contributed by atoms with Crippen LogP contribution in [-0.2, 0) is 4.74 Å². The Morgan fingerprint density at radius 1 is 1.14 bits per heavy atom. The second-order valence-corrected chi connectivity index (χ2v) is 6.12. The second kappa shape index (κ2) is 7.54. The molecular weight excluding hydrogens is 280 g/mol. The number of hydrogen-bond acceptors (Lipinski definition) is 5. The van der Waals surface area contributed by atoms with Gasteiger partial charge in [0.15, 0.2) is 0 Å². The molecule has 2 heterocycles. The van der Waals surface area contributed by atoms with Gasteiger partial charge < -0.3 is 15.4 Å². The van der Waals surface area contributed by atoms with E-state index in [0.717, 1.165) is 19.4 Å². The molecule has 22 heavy (non-hydrogen) atoms. The van der Waals surface area contributed by atoms with Gasteiger partial charge >= 0.3 is 0 Å². The fraction of sp³-hybridized carbons (Fsp3) is 0.688. The predicted molar refractivity (Wildman–Crippen MR) is 83.8 cm³/mol. The maximum absolute atomic E-state index is 12.0. The van der Waals surface area contributed by atoms with Crippen LogP contribution in [0.25, 0.3) is 0 Å². The smallest absolute Gasteiger partial charge is 0.254 e. The van der Waals surface area contributed by atoms with E-state index in [1.807, 2.05) is 0 Å². The number of amides is 1. The average Bonchev–Trinajstić information content (AvgIpc) is 3.08. The minimum atomic E-state index is -0.139. The Kier molecular flexibility index (Phi) is 5.21. The van der Waals surface area contributed by atoms with E-state index >= 15 is 0 Å². The molecule has 0 aromatic carbocycles. The van der Waals surface area contributed by atoms with Crippen LogP contribution in [0.4, 0.5) is 5.95 Å². The highest BCUT2D eigenvalue weighted by molar-refractivity contribution is 5.93. The van der Waals surface area contributed by atoms with E-state index in [2.05, 4.69) is 20.6 Å². The van der Waals surface area contributed by atoms with Crippen molar-refractivity contribution in [3.63, 3.8) is 0 Å². The fourth-order valence-corrected chi connectivity index (χ4v) is 3.06. The van der Waals surface area contributed by atoms with Crippen LogP contribution in [-0.4, -0.2) is 41.2 Å². The number of aromatic nitrogens is 2. The quantitative estimate of drug-likeness (QED) is 0.871. The van der Waals surface area contributed by atoms with Gasteiger partial charge in [0.2, 0.25) is 5.95 Å². The molecule has 2 fully saturated rings. The van der Waals surface area contributed by atoms with Crippen molar-refractivity contribution in [3.8, 4) is 0 Å². The summed E-state index contributed by atoms with van der Waals surface area (Å²) in [5, 5.41) is 6.23. The molecule has 1 aromatic rings. The first-order valence-electron chi connectivity index (χ1n) is 8.29. The van der Waals surface area contributed by atoms with Gasteiger partial charge in [0, 0.05) is 31.6 Å². The number of ether oxygens (including phenoxy) is 1. The number of carbonyl (C=O) groups excluding carboxylic acids is 1. The SMILES string of the molecule is O=C(NCC1CCCO1)c1cnc(NC2CCCCC2)nc1. The Morgan fingerprint density at radius 3 is 2.59 bits per heavy atom. The predicted octanol–water partition coefficient (Wildman–Crippen LogP) is 2.13. The van der Waals surface area contributed by atoms with Crippen molar-refractivity contribution in [2.75, 3.05) is 18.5 Å². The maximum atomic E-state index is 12.0. The van der Waals surface area contributed by atoms with E-state index in [4.69, 9.17) is 4.74 Å². The fourth-order valence-electron chi connectivity index (χ4n) is 3.06. The van der Waals surface area contributed by atoms with Gasteiger partial charge in [-0.2, -0.15) is 0 Å². The highest BCUT2D eigenvalue weighted by Gasteiger charge is 2.17. The first-order valence-corrected chi connectivity index (χ1v) is 8.29.